The van der Waals surface area contributed by atoms with Crippen LogP contribution in [0, 0.1) is 20.8 Å². The monoisotopic (exact) mass is 381 g/mol. The van der Waals surface area contributed by atoms with Crippen LogP contribution in [-0.4, -0.2) is 15.5 Å². The van der Waals surface area contributed by atoms with E-state index in [1.165, 1.54) is 15.9 Å². The van der Waals surface area contributed by atoms with E-state index in [2.05, 4.69) is 10.3 Å². The molecule has 27 heavy (non-hydrogen) atoms. The molecular weight excluding hydrogens is 358 g/mol. The number of nitrogens with one attached hydrogen (secondary N) is 1. The minimum absolute atomic E-state index is 0.0218. The summed E-state index contributed by atoms with van der Waals surface area (Å²) in [6, 6.07) is 5.89. The first-order valence-corrected chi connectivity index (χ1v) is 10.1. The van der Waals surface area contributed by atoms with E-state index in [1.54, 1.807) is 18.3 Å². The van der Waals surface area contributed by atoms with Gasteiger partial charge in [0.25, 0.3) is 5.56 Å². The van der Waals surface area contributed by atoms with Crippen molar-refractivity contribution in [1.82, 2.24) is 9.55 Å². The van der Waals surface area contributed by atoms with E-state index >= 15 is 0 Å². The Bertz CT molecular complexity index is 1090. The summed E-state index contributed by atoms with van der Waals surface area (Å²) in [4.78, 5) is 32.6. The molecule has 1 aromatic carbocycles. The summed E-state index contributed by atoms with van der Waals surface area (Å²) in [7, 11) is 0. The molecule has 0 aliphatic heterocycles. The average Bonchev–Trinajstić information content (AvgIpc) is 3.00. The number of hydrogen-bond donors (Lipinski definition) is 1. The van der Waals surface area contributed by atoms with Crippen LogP contribution >= 0.6 is 11.3 Å². The van der Waals surface area contributed by atoms with Crippen molar-refractivity contribution in [2.75, 3.05) is 5.32 Å². The zero-order valence-corrected chi connectivity index (χ0v) is 16.7. The molecule has 0 bridgehead atoms. The van der Waals surface area contributed by atoms with Gasteiger partial charge in [-0.3, -0.25) is 14.2 Å². The fourth-order valence-electron chi connectivity index (χ4n) is 3.86. The largest absolute Gasteiger partial charge is 0.324 e. The van der Waals surface area contributed by atoms with Gasteiger partial charge in [-0.25, -0.2) is 4.98 Å². The molecule has 2 aromatic heterocycles. The van der Waals surface area contributed by atoms with Crippen molar-refractivity contribution < 1.29 is 4.79 Å². The van der Waals surface area contributed by atoms with Crippen LogP contribution in [0.2, 0.25) is 0 Å². The molecule has 140 valence electrons. The van der Waals surface area contributed by atoms with Crippen molar-refractivity contribution in [3.63, 3.8) is 0 Å². The second-order valence-corrected chi connectivity index (χ2v) is 8.34. The molecule has 6 heteroatoms. The highest BCUT2D eigenvalue weighted by Gasteiger charge is 2.22. The van der Waals surface area contributed by atoms with E-state index in [0.29, 0.717) is 5.82 Å². The number of benzene rings is 1. The number of carbonyl (C=O) groups is 1. The van der Waals surface area contributed by atoms with Gasteiger partial charge >= 0.3 is 0 Å². The normalized spacial score (nSPS) is 13.6. The topological polar surface area (TPSA) is 64.0 Å². The maximum atomic E-state index is 13.2. The van der Waals surface area contributed by atoms with Crippen LogP contribution in [0.25, 0.3) is 10.2 Å². The molecule has 1 aliphatic carbocycles. The Morgan fingerprint density at radius 3 is 2.63 bits per heavy atom. The van der Waals surface area contributed by atoms with Crippen molar-refractivity contribution in [2.45, 2.75) is 53.0 Å². The number of para-hydroxylation sites is 1. The lowest BCUT2D eigenvalue weighted by Crippen LogP contribution is -2.30. The number of fused-ring (bicyclic) bond motifs is 3. The predicted octanol–water partition coefficient (Wildman–Crippen LogP) is 3.90. The highest BCUT2D eigenvalue weighted by molar-refractivity contribution is 7.18. The molecule has 0 saturated heterocycles. The van der Waals surface area contributed by atoms with Crippen LogP contribution in [0.1, 0.15) is 40.2 Å². The van der Waals surface area contributed by atoms with E-state index in [9.17, 15) is 9.59 Å². The van der Waals surface area contributed by atoms with E-state index in [1.807, 2.05) is 32.0 Å². The Labute approximate surface area is 162 Å². The number of anilines is 1. The van der Waals surface area contributed by atoms with Crippen LogP contribution in [0.3, 0.4) is 0 Å². The summed E-state index contributed by atoms with van der Waals surface area (Å²) in [5.74, 6) is 0.380. The van der Waals surface area contributed by atoms with Gasteiger partial charge in [0.15, 0.2) is 0 Å². The van der Waals surface area contributed by atoms with Crippen molar-refractivity contribution in [3.8, 4) is 0 Å². The third-order valence-corrected chi connectivity index (χ3v) is 6.50. The number of amides is 1. The SMILES string of the molecule is Cc1cccc(C)c1NC(=O)Cn1c(C)nc2sc3c(c2c1=O)CCCC3. The molecule has 5 nitrogen and oxygen atoms in total. The van der Waals surface area contributed by atoms with E-state index in [4.69, 9.17) is 0 Å². The Hall–Kier alpha value is -2.47. The molecule has 1 amide bonds. The molecule has 0 fully saturated rings. The molecular formula is C21H23N3O2S. The first-order valence-electron chi connectivity index (χ1n) is 9.33. The summed E-state index contributed by atoms with van der Waals surface area (Å²) >= 11 is 1.64. The fourth-order valence-corrected chi connectivity index (χ4v) is 5.16. The number of nitrogens with zero attached hydrogens (tertiary/aromatic N) is 2. The number of thiophene rings is 1. The fraction of sp³-hybridized carbons (Fsp3) is 0.381. The minimum atomic E-state index is -0.206. The highest BCUT2D eigenvalue weighted by atomic mass is 32.1. The predicted molar refractivity (Wildman–Crippen MR) is 110 cm³/mol. The summed E-state index contributed by atoms with van der Waals surface area (Å²) < 4.78 is 1.51. The van der Waals surface area contributed by atoms with Crippen molar-refractivity contribution in [2.24, 2.45) is 0 Å². The van der Waals surface area contributed by atoms with Gasteiger partial charge < -0.3 is 5.32 Å². The zero-order chi connectivity index (χ0) is 19.1. The Morgan fingerprint density at radius 2 is 1.89 bits per heavy atom. The molecule has 0 radical (unpaired) electrons. The van der Waals surface area contributed by atoms with E-state index in [-0.39, 0.29) is 18.0 Å². The lowest BCUT2D eigenvalue weighted by molar-refractivity contribution is -0.116. The molecule has 4 rings (SSSR count). The first kappa shape index (κ1) is 17.9. The van der Waals surface area contributed by atoms with Crippen molar-refractivity contribution in [3.05, 3.63) is 55.9 Å². The van der Waals surface area contributed by atoms with Gasteiger partial charge in [0, 0.05) is 10.6 Å². The van der Waals surface area contributed by atoms with Gasteiger partial charge in [-0.15, -0.1) is 11.3 Å². The van der Waals surface area contributed by atoms with Gasteiger partial charge in [-0.2, -0.15) is 0 Å². The molecule has 3 aromatic rings. The quantitative estimate of drug-likeness (QED) is 0.748. The van der Waals surface area contributed by atoms with Crippen molar-refractivity contribution >= 4 is 33.1 Å². The van der Waals surface area contributed by atoms with Gasteiger partial charge in [0.2, 0.25) is 5.91 Å². The van der Waals surface area contributed by atoms with Crippen LogP contribution < -0.4 is 10.9 Å². The first-order chi connectivity index (χ1) is 13.0. The van der Waals surface area contributed by atoms with Crippen LogP contribution in [0.5, 0.6) is 0 Å². The zero-order valence-electron chi connectivity index (χ0n) is 15.9. The number of aryl methyl sites for hydroxylation is 5. The van der Waals surface area contributed by atoms with E-state index < -0.39 is 0 Å². The lowest BCUT2D eigenvalue weighted by Gasteiger charge is -2.14. The summed E-state index contributed by atoms with van der Waals surface area (Å²) in [5, 5.41) is 3.68. The average molecular weight is 382 g/mol. The Balaban J connectivity index is 1.69. The summed E-state index contributed by atoms with van der Waals surface area (Å²) in [6.07, 6.45) is 4.25. The minimum Gasteiger partial charge on any atom is -0.324 e. The second-order valence-electron chi connectivity index (χ2n) is 7.26. The van der Waals surface area contributed by atoms with Gasteiger partial charge in [-0.1, -0.05) is 18.2 Å². The van der Waals surface area contributed by atoms with Gasteiger partial charge in [0.1, 0.15) is 17.2 Å². The highest BCUT2D eigenvalue weighted by Crippen LogP contribution is 2.33. The smallest absolute Gasteiger partial charge is 0.263 e. The maximum absolute atomic E-state index is 13.2. The number of carbonyl (C=O) groups excluding carboxylic acids is 1. The standard InChI is InChI=1S/C21H23N3O2S/c1-12-7-6-8-13(2)19(12)23-17(25)11-24-14(3)22-20-18(21(24)26)15-9-4-5-10-16(15)27-20/h6-8H,4-5,9-11H2,1-3H3,(H,23,25). The number of aromatic nitrogens is 2. The Kier molecular flexibility index (Phi) is 4.60. The molecule has 2 heterocycles. The Morgan fingerprint density at radius 1 is 1.19 bits per heavy atom. The van der Waals surface area contributed by atoms with E-state index in [0.717, 1.165) is 51.9 Å². The van der Waals surface area contributed by atoms with Gasteiger partial charge in [0.05, 0.1) is 5.39 Å². The molecule has 1 N–H and O–H groups in total. The molecule has 0 saturated carbocycles. The second kappa shape index (κ2) is 6.93. The third kappa shape index (κ3) is 3.18. The number of rotatable bonds is 3. The molecule has 1 aliphatic rings. The molecule has 0 unspecified atom stereocenters. The number of hydrogen-bond acceptors (Lipinski definition) is 4. The summed E-state index contributed by atoms with van der Waals surface area (Å²) in [6.45, 7) is 5.70. The van der Waals surface area contributed by atoms with Gasteiger partial charge in [-0.05, 0) is 63.1 Å². The van der Waals surface area contributed by atoms with Crippen molar-refractivity contribution in [1.29, 1.82) is 0 Å². The maximum Gasteiger partial charge on any atom is 0.263 e. The summed E-state index contributed by atoms with van der Waals surface area (Å²) in [5.41, 5.74) is 3.90. The molecule has 0 atom stereocenters. The lowest BCUT2D eigenvalue weighted by atomic mass is 9.97. The van der Waals surface area contributed by atoms with Crippen LogP contribution in [0.4, 0.5) is 5.69 Å². The molecule has 0 spiro atoms. The van der Waals surface area contributed by atoms with Crippen LogP contribution in [-0.2, 0) is 24.2 Å². The van der Waals surface area contributed by atoms with Crippen LogP contribution in [0.15, 0.2) is 23.0 Å². The third-order valence-electron chi connectivity index (χ3n) is 5.31.